The SMILES string of the molecule is Cc1ccc(/C=C/S(=O)(=O)N(Cc2ccco2)Cc2nn(C)c3c2CCC3)cc1. The van der Waals surface area contributed by atoms with Crippen LogP contribution in [0.5, 0.6) is 0 Å². The molecule has 152 valence electrons. The third-order valence-electron chi connectivity index (χ3n) is 5.31. The highest BCUT2D eigenvalue weighted by Gasteiger charge is 2.27. The summed E-state index contributed by atoms with van der Waals surface area (Å²) in [4.78, 5) is 0. The molecule has 0 saturated heterocycles. The number of furan rings is 1. The standard InChI is InChI=1S/C22H25N3O3S/c1-17-8-10-18(11-9-17)12-14-29(26,27)25(15-19-5-4-13-28-19)16-21-20-6-3-7-22(20)24(2)23-21/h4-5,8-14H,3,6-7,15-16H2,1-2H3/b14-12+. The quantitative estimate of drug-likeness (QED) is 0.593. The largest absolute Gasteiger partial charge is 0.468 e. The molecule has 1 aliphatic rings. The maximum atomic E-state index is 13.2. The number of aromatic nitrogens is 2. The second-order valence-electron chi connectivity index (χ2n) is 7.45. The predicted octanol–water partition coefficient (Wildman–Crippen LogP) is 3.81. The van der Waals surface area contributed by atoms with Crippen molar-refractivity contribution in [3.05, 3.63) is 81.9 Å². The summed E-state index contributed by atoms with van der Waals surface area (Å²) >= 11 is 0. The molecule has 2 heterocycles. The van der Waals surface area contributed by atoms with Gasteiger partial charge in [-0.3, -0.25) is 4.68 Å². The maximum Gasteiger partial charge on any atom is 0.237 e. The van der Waals surface area contributed by atoms with Gasteiger partial charge in [0.1, 0.15) is 5.76 Å². The molecule has 6 nitrogen and oxygen atoms in total. The molecule has 7 heteroatoms. The summed E-state index contributed by atoms with van der Waals surface area (Å²) in [7, 11) is -1.74. The van der Waals surface area contributed by atoms with Crippen molar-refractivity contribution in [2.75, 3.05) is 0 Å². The van der Waals surface area contributed by atoms with Crippen molar-refractivity contribution in [1.82, 2.24) is 14.1 Å². The van der Waals surface area contributed by atoms with Crippen molar-refractivity contribution in [1.29, 1.82) is 0 Å². The number of hydrogen-bond acceptors (Lipinski definition) is 4. The average Bonchev–Trinajstić information content (AvgIpc) is 3.42. The number of benzene rings is 1. The molecule has 29 heavy (non-hydrogen) atoms. The fraction of sp³-hybridized carbons (Fsp3) is 0.318. The Morgan fingerprint density at radius 3 is 2.69 bits per heavy atom. The van der Waals surface area contributed by atoms with E-state index in [4.69, 9.17) is 4.42 Å². The number of aryl methyl sites for hydroxylation is 2. The number of nitrogens with zero attached hydrogens (tertiary/aromatic N) is 3. The molecule has 0 amide bonds. The molecule has 3 aromatic rings. The molecule has 4 rings (SSSR count). The van der Waals surface area contributed by atoms with Gasteiger partial charge in [0.15, 0.2) is 0 Å². The fourth-order valence-electron chi connectivity index (χ4n) is 3.73. The number of fused-ring (bicyclic) bond motifs is 1. The molecule has 0 spiro atoms. The second kappa shape index (κ2) is 8.00. The highest BCUT2D eigenvalue weighted by atomic mass is 32.2. The number of rotatable bonds is 7. The molecule has 0 fully saturated rings. The normalized spacial score (nSPS) is 14.2. The predicted molar refractivity (Wildman–Crippen MR) is 112 cm³/mol. The lowest BCUT2D eigenvalue weighted by molar-refractivity contribution is 0.358. The Bertz CT molecular complexity index is 1110. The van der Waals surface area contributed by atoms with Gasteiger partial charge in [0.25, 0.3) is 0 Å². The highest BCUT2D eigenvalue weighted by molar-refractivity contribution is 7.92. The zero-order chi connectivity index (χ0) is 20.4. The van der Waals surface area contributed by atoms with Crippen LogP contribution in [-0.4, -0.2) is 22.5 Å². The highest BCUT2D eigenvalue weighted by Crippen LogP contribution is 2.27. The van der Waals surface area contributed by atoms with E-state index in [2.05, 4.69) is 5.10 Å². The Labute approximate surface area is 171 Å². The Morgan fingerprint density at radius 2 is 1.97 bits per heavy atom. The first kappa shape index (κ1) is 19.7. The van der Waals surface area contributed by atoms with Crippen LogP contribution in [0.3, 0.4) is 0 Å². The van der Waals surface area contributed by atoms with Gasteiger partial charge in [0.2, 0.25) is 10.0 Å². The molecule has 2 aromatic heterocycles. The first-order valence-electron chi connectivity index (χ1n) is 9.73. The lowest BCUT2D eigenvalue weighted by Crippen LogP contribution is -2.29. The maximum absolute atomic E-state index is 13.2. The van der Waals surface area contributed by atoms with Crippen LogP contribution < -0.4 is 0 Å². The molecule has 0 bridgehead atoms. The van der Waals surface area contributed by atoms with Gasteiger partial charge in [-0.25, -0.2) is 8.42 Å². The van der Waals surface area contributed by atoms with Crippen molar-refractivity contribution in [2.24, 2.45) is 7.05 Å². The first-order chi connectivity index (χ1) is 13.9. The molecule has 0 aliphatic heterocycles. The van der Waals surface area contributed by atoms with E-state index >= 15 is 0 Å². The lowest BCUT2D eigenvalue weighted by Gasteiger charge is -2.19. The van der Waals surface area contributed by atoms with Crippen LogP contribution in [-0.2, 0) is 43.0 Å². The Hall–Kier alpha value is -2.64. The minimum atomic E-state index is -3.67. The average molecular weight is 412 g/mol. The summed E-state index contributed by atoms with van der Waals surface area (Å²) in [5.74, 6) is 0.602. The van der Waals surface area contributed by atoms with Gasteiger partial charge < -0.3 is 4.42 Å². The first-order valence-corrected chi connectivity index (χ1v) is 11.2. The van der Waals surface area contributed by atoms with Gasteiger partial charge in [0, 0.05) is 18.1 Å². The molecule has 1 aliphatic carbocycles. The molecular weight excluding hydrogens is 386 g/mol. The van der Waals surface area contributed by atoms with Crippen LogP contribution in [0.25, 0.3) is 6.08 Å². The van der Waals surface area contributed by atoms with Gasteiger partial charge >= 0.3 is 0 Å². The van der Waals surface area contributed by atoms with E-state index in [9.17, 15) is 8.42 Å². The van der Waals surface area contributed by atoms with Crippen molar-refractivity contribution >= 4 is 16.1 Å². The van der Waals surface area contributed by atoms with E-state index in [-0.39, 0.29) is 13.1 Å². The molecule has 0 N–H and O–H groups in total. The van der Waals surface area contributed by atoms with Crippen LogP contribution >= 0.6 is 0 Å². The minimum absolute atomic E-state index is 0.166. The van der Waals surface area contributed by atoms with E-state index in [1.807, 2.05) is 42.9 Å². The van der Waals surface area contributed by atoms with E-state index in [1.54, 1.807) is 24.5 Å². The molecular formula is C22H25N3O3S. The Balaban J connectivity index is 1.62. The monoisotopic (exact) mass is 411 g/mol. The molecule has 0 radical (unpaired) electrons. The fourth-order valence-corrected chi connectivity index (χ4v) is 4.84. The zero-order valence-corrected chi connectivity index (χ0v) is 17.5. The van der Waals surface area contributed by atoms with Gasteiger partial charge in [-0.2, -0.15) is 9.40 Å². The van der Waals surface area contributed by atoms with Crippen molar-refractivity contribution in [3.8, 4) is 0 Å². The molecule has 0 atom stereocenters. The smallest absolute Gasteiger partial charge is 0.237 e. The zero-order valence-electron chi connectivity index (χ0n) is 16.7. The van der Waals surface area contributed by atoms with Crippen molar-refractivity contribution in [2.45, 2.75) is 39.3 Å². The summed E-state index contributed by atoms with van der Waals surface area (Å²) in [6.45, 7) is 2.39. The Morgan fingerprint density at radius 1 is 1.17 bits per heavy atom. The van der Waals surface area contributed by atoms with Crippen molar-refractivity contribution in [3.63, 3.8) is 0 Å². The summed E-state index contributed by atoms with van der Waals surface area (Å²) in [5, 5.41) is 5.87. The van der Waals surface area contributed by atoms with Crippen LogP contribution in [0.1, 0.15) is 40.3 Å². The van der Waals surface area contributed by atoms with Gasteiger partial charge in [-0.15, -0.1) is 0 Å². The van der Waals surface area contributed by atoms with Crippen LogP contribution in [0.2, 0.25) is 0 Å². The summed E-state index contributed by atoms with van der Waals surface area (Å²) in [5.41, 5.74) is 5.21. The third-order valence-corrected chi connectivity index (χ3v) is 6.76. The van der Waals surface area contributed by atoms with Crippen LogP contribution in [0.4, 0.5) is 0 Å². The van der Waals surface area contributed by atoms with E-state index < -0.39 is 10.0 Å². The topological polar surface area (TPSA) is 68.3 Å². The van der Waals surface area contributed by atoms with Gasteiger partial charge in [-0.05, 0) is 55.5 Å². The number of hydrogen-bond donors (Lipinski definition) is 0. The summed E-state index contributed by atoms with van der Waals surface area (Å²) in [6, 6.07) is 11.3. The van der Waals surface area contributed by atoms with Gasteiger partial charge in [-0.1, -0.05) is 29.8 Å². The second-order valence-corrected chi connectivity index (χ2v) is 9.27. The van der Waals surface area contributed by atoms with E-state index in [1.165, 1.54) is 21.0 Å². The number of sulfonamides is 1. The lowest BCUT2D eigenvalue weighted by atomic mass is 10.2. The molecule has 0 unspecified atom stereocenters. The summed E-state index contributed by atoms with van der Waals surface area (Å²) in [6.07, 6.45) is 6.23. The third kappa shape index (κ3) is 4.36. The van der Waals surface area contributed by atoms with Crippen molar-refractivity contribution < 1.29 is 12.8 Å². The van der Waals surface area contributed by atoms with Crippen LogP contribution in [0.15, 0.2) is 52.5 Å². The minimum Gasteiger partial charge on any atom is -0.468 e. The molecule has 0 saturated carbocycles. The van der Waals surface area contributed by atoms with Crippen LogP contribution in [0, 0.1) is 6.92 Å². The summed E-state index contributed by atoms with van der Waals surface area (Å²) < 4.78 is 35.1. The molecule has 1 aromatic carbocycles. The van der Waals surface area contributed by atoms with Gasteiger partial charge in [0.05, 0.1) is 25.0 Å². The van der Waals surface area contributed by atoms with E-state index in [0.717, 1.165) is 36.1 Å². The van der Waals surface area contributed by atoms with E-state index in [0.29, 0.717) is 5.76 Å². The Kier molecular flexibility index (Phi) is 5.43.